The van der Waals surface area contributed by atoms with Crippen molar-refractivity contribution in [2.45, 2.75) is 24.7 Å². The number of carbonyl (C=O) groups is 1. The Labute approximate surface area is 112 Å². The Balaban J connectivity index is 2.95. The molecular formula is C14H20FNO3. The van der Waals surface area contributed by atoms with E-state index in [0.717, 1.165) is 6.42 Å². The molecule has 1 aromatic rings. The average molecular weight is 269 g/mol. The zero-order valence-corrected chi connectivity index (χ0v) is 11.1. The van der Waals surface area contributed by atoms with Crippen molar-refractivity contribution in [2.24, 2.45) is 5.73 Å². The summed E-state index contributed by atoms with van der Waals surface area (Å²) in [5, 5.41) is 9.49. The summed E-state index contributed by atoms with van der Waals surface area (Å²) in [5.74, 6) is -1.47. The Morgan fingerprint density at radius 3 is 2.74 bits per heavy atom. The molecule has 5 heteroatoms. The lowest BCUT2D eigenvalue weighted by molar-refractivity contribution is -0.143. The van der Waals surface area contributed by atoms with E-state index in [1.165, 1.54) is 18.2 Å². The fraction of sp³-hybridized carbons (Fsp3) is 0.500. The van der Waals surface area contributed by atoms with Crippen molar-refractivity contribution in [3.8, 4) is 0 Å². The van der Waals surface area contributed by atoms with Crippen molar-refractivity contribution < 1.29 is 19.0 Å². The van der Waals surface area contributed by atoms with E-state index < -0.39 is 17.2 Å². The molecule has 3 N–H and O–H groups in total. The number of ether oxygens (including phenoxy) is 1. The lowest BCUT2D eigenvalue weighted by Crippen LogP contribution is -2.43. The first-order valence-electron chi connectivity index (χ1n) is 6.25. The summed E-state index contributed by atoms with van der Waals surface area (Å²) < 4.78 is 18.2. The van der Waals surface area contributed by atoms with Crippen LogP contribution in [0.15, 0.2) is 24.3 Å². The molecule has 0 saturated carbocycles. The predicted molar refractivity (Wildman–Crippen MR) is 70.5 cm³/mol. The minimum Gasteiger partial charge on any atom is -0.481 e. The maximum Gasteiger partial charge on any atom is 0.315 e. The van der Waals surface area contributed by atoms with Gasteiger partial charge in [0.2, 0.25) is 0 Å². The van der Waals surface area contributed by atoms with Crippen LogP contribution in [0.5, 0.6) is 0 Å². The minimum atomic E-state index is -1.23. The maximum absolute atomic E-state index is 13.3. The lowest BCUT2D eigenvalue weighted by Gasteiger charge is -2.28. The third-order valence-electron chi connectivity index (χ3n) is 3.34. The molecule has 4 nitrogen and oxygen atoms in total. The summed E-state index contributed by atoms with van der Waals surface area (Å²) in [6.45, 7) is 0.516. The molecule has 0 heterocycles. The number of unbranched alkanes of at least 4 members (excludes halogenated alkanes) is 1. The number of carboxylic acids is 1. The molecule has 0 amide bonds. The second kappa shape index (κ2) is 7.21. The van der Waals surface area contributed by atoms with E-state index in [4.69, 9.17) is 10.5 Å². The molecular weight excluding hydrogens is 249 g/mol. The number of hydrogen-bond acceptors (Lipinski definition) is 3. The summed E-state index contributed by atoms with van der Waals surface area (Å²) in [5.41, 5.74) is 4.86. The Bertz CT molecular complexity index is 425. The molecule has 0 spiro atoms. The van der Waals surface area contributed by atoms with Gasteiger partial charge < -0.3 is 15.6 Å². The summed E-state index contributed by atoms with van der Waals surface area (Å²) in [6.07, 6.45) is 1.78. The molecule has 19 heavy (non-hydrogen) atoms. The highest BCUT2D eigenvalue weighted by atomic mass is 19.1. The van der Waals surface area contributed by atoms with Crippen LogP contribution in [0.3, 0.4) is 0 Å². The molecule has 0 bridgehead atoms. The number of carboxylic acid groups (broad SMARTS) is 1. The van der Waals surface area contributed by atoms with E-state index in [0.29, 0.717) is 25.0 Å². The van der Waals surface area contributed by atoms with Crippen LogP contribution in [0.4, 0.5) is 4.39 Å². The van der Waals surface area contributed by atoms with Gasteiger partial charge in [-0.3, -0.25) is 4.79 Å². The highest BCUT2D eigenvalue weighted by Crippen LogP contribution is 2.30. The van der Waals surface area contributed by atoms with Crippen LogP contribution in [0.2, 0.25) is 0 Å². The smallest absolute Gasteiger partial charge is 0.315 e. The van der Waals surface area contributed by atoms with Crippen molar-refractivity contribution >= 4 is 5.97 Å². The van der Waals surface area contributed by atoms with Crippen LogP contribution in [-0.4, -0.2) is 31.3 Å². The first-order valence-corrected chi connectivity index (χ1v) is 6.25. The number of benzene rings is 1. The van der Waals surface area contributed by atoms with Crippen molar-refractivity contribution in [1.82, 2.24) is 0 Å². The molecule has 106 valence electrons. The molecule has 1 aromatic carbocycles. The average Bonchev–Trinajstić information content (AvgIpc) is 2.39. The number of aliphatic carboxylic acids is 1. The standard InChI is InChI=1S/C14H20FNO3/c1-19-8-3-2-7-14(10-16,13(17)18)11-5-4-6-12(15)9-11/h4-6,9H,2-3,7-8,10,16H2,1H3,(H,17,18). The molecule has 0 fully saturated rings. The fourth-order valence-electron chi connectivity index (χ4n) is 2.14. The lowest BCUT2D eigenvalue weighted by atomic mass is 9.76. The normalized spacial score (nSPS) is 14.1. The largest absolute Gasteiger partial charge is 0.481 e. The van der Waals surface area contributed by atoms with Gasteiger partial charge in [-0.2, -0.15) is 0 Å². The van der Waals surface area contributed by atoms with Gasteiger partial charge in [-0.15, -0.1) is 0 Å². The van der Waals surface area contributed by atoms with Gasteiger partial charge in [0.1, 0.15) is 11.2 Å². The number of nitrogens with two attached hydrogens (primary N) is 1. The second-order valence-electron chi connectivity index (χ2n) is 4.55. The van der Waals surface area contributed by atoms with E-state index in [-0.39, 0.29) is 6.54 Å². The number of halogens is 1. The summed E-state index contributed by atoms with van der Waals surface area (Å²) in [7, 11) is 1.60. The van der Waals surface area contributed by atoms with E-state index in [1.807, 2.05) is 0 Å². The Morgan fingerprint density at radius 2 is 2.21 bits per heavy atom. The summed E-state index contributed by atoms with van der Waals surface area (Å²) >= 11 is 0. The topological polar surface area (TPSA) is 72.5 Å². The van der Waals surface area contributed by atoms with E-state index >= 15 is 0 Å². The van der Waals surface area contributed by atoms with Gasteiger partial charge in [0.15, 0.2) is 0 Å². The third-order valence-corrected chi connectivity index (χ3v) is 3.34. The highest BCUT2D eigenvalue weighted by Gasteiger charge is 2.38. The summed E-state index contributed by atoms with van der Waals surface area (Å²) in [6, 6.07) is 5.66. The van der Waals surface area contributed by atoms with Crippen LogP contribution in [0, 0.1) is 5.82 Å². The van der Waals surface area contributed by atoms with E-state index in [1.54, 1.807) is 13.2 Å². The van der Waals surface area contributed by atoms with Crippen LogP contribution in [0.25, 0.3) is 0 Å². The van der Waals surface area contributed by atoms with Crippen LogP contribution in [-0.2, 0) is 14.9 Å². The highest BCUT2D eigenvalue weighted by molar-refractivity contribution is 5.81. The molecule has 1 rings (SSSR count). The first kappa shape index (κ1) is 15.6. The van der Waals surface area contributed by atoms with Gasteiger partial charge in [0.05, 0.1) is 0 Å². The first-order chi connectivity index (χ1) is 9.06. The van der Waals surface area contributed by atoms with Gasteiger partial charge in [-0.25, -0.2) is 4.39 Å². The Kier molecular flexibility index (Phi) is 5.92. The van der Waals surface area contributed by atoms with Crippen LogP contribution >= 0.6 is 0 Å². The molecule has 0 saturated heterocycles. The van der Waals surface area contributed by atoms with Gasteiger partial charge in [0.25, 0.3) is 0 Å². The van der Waals surface area contributed by atoms with Crippen LogP contribution in [0.1, 0.15) is 24.8 Å². The monoisotopic (exact) mass is 269 g/mol. The quantitative estimate of drug-likeness (QED) is 0.707. The maximum atomic E-state index is 13.3. The number of rotatable bonds is 8. The molecule has 0 aliphatic heterocycles. The SMILES string of the molecule is COCCCCC(CN)(C(=O)O)c1cccc(F)c1. The zero-order chi connectivity index (χ0) is 14.3. The van der Waals surface area contributed by atoms with Gasteiger partial charge in [-0.05, 0) is 37.0 Å². The second-order valence-corrected chi connectivity index (χ2v) is 4.55. The molecule has 0 aliphatic rings. The van der Waals surface area contributed by atoms with Crippen molar-refractivity contribution in [2.75, 3.05) is 20.3 Å². The van der Waals surface area contributed by atoms with Gasteiger partial charge in [0, 0.05) is 20.3 Å². The van der Waals surface area contributed by atoms with Gasteiger partial charge in [-0.1, -0.05) is 12.1 Å². The molecule has 0 radical (unpaired) electrons. The predicted octanol–water partition coefficient (Wildman–Crippen LogP) is 1.92. The minimum absolute atomic E-state index is 0.0568. The third kappa shape index (κ3) is 3.75. The number of methoxy groups -OCH3 is 1. The molecule has 1 unspecified atom stereocenters. The Hall–Kier alpha value is -1.46. The van der Waals surface area contributed by atoms with E-state index in [2.05, 4.69) is 0 Å². The van der Waals surface area contributed by atoms with Crippen molar-refractivity contribution in [3.05, 3.63) is 35.6 Å². The Morgan fingerprint density at radius 1 is 1.47 bits per heavy atom. The molecule has 0 aliphatic carbocycles. The van der Waals surface area contributed by atoms with Gasteiger partial charge >= 0.3 is 5.97 Å². The zero-order valence-electron chi connectivity index (χ0n) is 11.1. The molecule has 1 atom stereocenters. The number of hydrogen-bond donors (Lipinski definition) is 2. The van der Waals surface area contributed by atoms with Crippen LogP contribution < -0.4 is 5.73 Å². The fourth-order valence-corrected chi connectivity index (χ4v) is 2.14. The van der Waals surface area contributed by atoms with Crippen molar-refractivity contribution in [3.63, 3.8) is 0 Å². The summed E-state index contributed by atoms with van der Waals surface area (Å²) in [4.78, 5) is 11.6. The molecule has 0 aromatic heterocycles. The van der Waals surface area contributed by atoms with E-state index in [9.17, 15) is 14.3 Å². The van der Waals surface area contributed by atoms with Crippen molar-refractivity contribution in [1.29, 1.82) is 0 Å².